The number of aryl methyl sites for hydroxylation is 1. The molecule has 1 aliphatic carbocycles. The Bertz CT molecular complexity index is 921. The first kappa shape index (κ1) is 16.8. The topological polar surface area (TPSA) is 72.7 Å². The van der Waals surface area contributed by atoms with Crippen molar-refractivity contribution in [3.05, 3.63) is 54.4 Å². The van der Waals surface area contributed by atoms with Crippen LogP contribution < -0.4 is 5.32 Å². The van der Waals surface area contributed by atoms with Gasteiger partial charge in [0, 0.05) is 29.7 Å². The molecule has 0 radical (unpaired) electrons. The van der Waals surface area contributed by atoms with Gasteiger partial charge in [0.15, 0.2) is 11.0 Å². The monoisotopic (exact) mass is 365 g/mol. The number of pyridine rings is 1. The molecule has 2 aromatic heterocycles. The Labute approximate surface area is 156 Å². The Kier molecular flexibility index (Phi) is 4.71. The number of hydrogen-bond donors (Lipinski definition) is 1. The standard InChI is InChI=1S/C19H19N5OS/c1-13-3-2-4-15(11-13)21-17(25)12-26-19-23-22-18(24(19)16-5-6-16)14-7-9-20-10-8-14/h2-4,7-11,16H,5-6,12H2,1H3,(H,21,25). The van der Waals surface area contributed by atoms with Crippen LogP contribution in [0.15, 0.2) is 53.9 Å². The Morgan fingerprint density at radius 3 is 2.77 bits per heavy atom. The molecule has 1 aliphatic rings. The number of nitrogens with zero attached hydrogens (tertiary/aromatic N) is 4. The molecule has 26 heavy (non-hydrogen) atoms. The summed E-state index contributed by atoms with van der Waals surface area (Å²) >= 11 is 1.42. The average Bonchev–Trinajstić information content (AvgIpc) is 3.40. The number of benzene rings is 1. The molecule has 0 spiro atoms. The van der Waals surface area contributed by atoms with Gasteiger partial charge >= 0.3 is 0 Å². The molecule has 2 heterocycles. The molecule has 1 fully saturated rings. The zero-order chi connectivity index (χ0) is 17.9. The number of carbonyl (C=O) groups excluding carboxylic acids is 1. The number of hydrogen-bond acceptors (Lipinski definition) is 5. The van der Waals surface area contributed by atoms with E-state index in [4.69, 9.17) is 0 Å². The van der Waals surface area contributed by atoms with Crippen LogP contribution in [0.4, 0.5) is 5.69 Å². The number of thioether (sulfide) groups is 1. The van der Waals surface area contributed by atoms with Crippen LogP contribution in [0.3, 0.4) is 0 Å². The summed E-state index contributed by atoms with van der Waals surface area (Å²) in [5.41, 5.74) is 2.93. The Morgan fingerprint density at radius 2 is 2.04 bits per heavy atom. The highest BCUT2D eigenvalue weighted by Crippen LogP contribution is 2.40. The van der Waals surface area contributed by atoms with Crippen LogP contribution in [-0.2, 0) is 4.79 Å². The summed E-state index contributed by atoms with van der Waals surface area (Å²) in [4.78, 5) is 16.3. The van der Waals surface area contributed by atoms with E-state index in [-0.39, 0.29) is 5.91 Å². The van der Waals surface area contributed by atoms with Crippen LogP contribution in [0.25, 0.3) is 11.4 Å². The van der Waals surface area contributed by atoms with Crippen LogP contribution in [-0.4, -0.2) is 31.4 Å². The number of nitrogens with one attached hydrogen (secondary N) is 1. The smallest absolute Gasteiger partial charge is 0.234 e. The van der Waals surface area contributed by atoms with Crippen LogP contribution in [0.1, 0.15) is 24.4 Å². The van der Waals surface area contributed by atoms with Gasteiger partial charge in [-0.15, -0.1) is 10.2 Å². The van der Waals surface area contributed by atoms with Crippen LogP contribution in [0.2, 0.25) is 0 Å². The average molecular weight is 365 g/mol. The number of rotatable bonds is 6. The third-order valence-electron chi connectivity index (χ3n) is 4.15. The summed E-state index contributed by atoms with van der Waals surface area (Å²) in [5.74, 6) is 1.10. The van der Waals surface area contributed by atoms with Crippen LogP contribution in [0, 0.1) is 6.92 Å². The predicted octanol–water partition coefficient (Wildman–Crippen LogP) is 3.71. The highest BCUT2D eigenvalue weighted by molar-refractivity contribution is 7.99. The third-order valence-corrected chi connectivity index (χ3v) is 5.09. The molecule has 7 heteroatoms. The minimum Gasteiger partial charge on any atom is -0.325 e. The lowest BCUT2D eigenvalue weighted by atomic mass is 10.2. The molecule has 0 aliphatic heterocycles. The van der Waals surface area contributed by atoms with Gasteiger partial charge in [0.05, 0.1) is 5.75 Å². The first-order valence-corrected chi connectivity index (χ1v) is 9.54. The third kappa shape index (κ3) is 3.77. The minimum atomic E-state index is -0.0450. The maximum absolute atomic E-state index is 12.3. The molecule has 6 nitrogen and oxygen atoms in total. The Hall–Kier alpha value is -2.67. The molecule has 1 N–H and O–H groups in total. The van der Waals surface area contributed by atoms with E-state index in [1.807, 2.05) is 43.3 Å². The van der Waals surface area contributed by atoms with Gasteiger partial charge in [0.2, 0.25) is 5.91 Å². The van der Waals surface area contributed by atoms with Crippen molar-refractivity contribution in [1.29, 1.82) is 0 Å². The number of carbonyl (C=O) groups is 1. The van der Waals surface area contributed by atoms with Gasteiger partial charge in [-0.1, -0.05) is 23.9 Å². The maximum atomic E-state index is 12.3. The van der Waals surface area contributed by atoms with E-state index >= 15 is 0 Å². The molecule has 1 aromatic carbocycles. The fourth-order valence-electron chi connectivity index (χ4n) is 2.79. The lowest BCUT2D eigenvalue weighted by Gasteiger charge is -2.09. The molecular formula is C19H19N5OS. The number of aromatic nitrogens is 4. The maximum Gasteiger partial charge on any atom is 0.234 e. The second-order valence-corrected chi connectivity index (χ2v) is 7.29. The summed E-state index contributed by atoms with van der Waals surface area (Å²) in [7, 11) is 0. The first-order valence-electron chi connectivity index (χ1n) is 8.55. The first-order chi connectivity index (χ1) is 12.7. The molecule has 0 saturated heterocycles. The number of amides is 1. The van der Waals surface area contributed by atoms with E-state index in [0.29, 0.717) is 11.8 Å². The molecule has 3 aromatic rings. The van der Waals surface area contributed by atoms with Crippen molar-refractivity contribution < 1.29 is 4.79 Å². The van der Waals surface area contributed by atoms with Gasteiger partial charge in [-0.05, 0) is 49.6 Å². The summed E-state index contributed by atoms with van der Waals surface area (Å²) in [6.45, 7) is 2.00. The van der Waals surface area contributed by atoms with Crippen molar-refractivity contribution in [1.82, 2.24) is 19.7 Å². The summed E-state index contributed by atoms with van der Waals surface area (Å²) in [6.07, 6.45) is 5.76. The van der Waals surface area contributed by atoms with E-state index in [9.17, 15) is 4.79 Å². The Morgan fingerprint density at radius 1 is 1.23 bits per heavy atom. The predicted molar refractivity (Wildman–Crippen MR) is 102 cm³/mol. The lowest BCUT2D eigenvalue weighted by molar-refractivity contribution is -0.113. The molecular weight excluding hydrogens is 346 g/mol. The SMILES string of the molecule is Cc1cccc(NC(=O)CSc2nnc(-c3ccncc3)n2C2CC2)c1. The van der Waals surface area contributed by atoms with Crippen molar-refractivity contribution in [2.45, 2.75) is 31.0 Å². The van der Waals surface area contributed by atoms with Crippen LogP contribution >= 0.6 is 11.8 Å². The van der Waals surface area contributed by atoms with Crippen molar-refractivity contribution in [2.24, 2.45) is 0 Å². The van der Waals surface area contributed by atoms with Crippen molar-refractivity contribution in [3.63, 3.8) is 0 Å². The van der Waals surface area contributed by atoms with E-state index in [2.05, 4.69) is 25.1 Å². The molecule has 0 unspecified atom stereocenters. The van der Waals surface area contributed by atoms with Gasteiger partial charge in [-0.25, -0.2) is 0 Å². The van der Waals surface area contributed by atoms with Crippen LogP contribution in [0.5, 0.6) is 0 Å². The zero-order valence-electron chi connectivity index (χ0n) is 14.4. The lowest BCUT2D eigenvalue weighted by Crippen LogP contribution is -2.14. The molecule has 0 bridgehead atoms. The minimum absolute atomic E-state index is 0.0450. The molecule has 4 rings (SSSR count). The fraction of sp³-hybridized carbons (Fsp3) is 0.263. The summed E-state index contributed by atoms with van der Waals surface area (Å²) in [6, 6.07) is 12.1. The molecule has 132 valence electrons. The van der Waals surface area contributed by atoms with E-state index in [1.54, 1.807) is 12.4 Å². The van der Waals surface area contributed by atoms with Gasteiger partial charge in [-0.3, -0.25) is 14.3 Å². The second-order valence-electron chi connectivity index (χ2n) is 6.35. The normalized spacial score (nSPS) is 13.6. The van der Waals surface area contributed by atoms with Crippen molar-refractivity contribution >= 4 is 23.4 Å². The van der Waals surface area contributed by atoms with E-state index in [1.165, 1.54) is 11.8 Å². The highest BCUT2D eigenvalue weighted by atomic mass is 32.2. The molecule has 1 saturated carbocycles. The molecule has 0 atom stereocenters. The second kappa shape index (κ2) is 7.29. The van der Waals surface area contributed by atoms with Crippen molar-refractivity contribution in [2.75, 3.05) is 11.1 Å². The Balaban J connectivity index is 1.47. The number of anilines is 1. The quantitative estimate of drug-likeness (QED) is 0.674. The summed E-state index contributed by atoms with van der Waals surface area (Å²) < 4.78 is 2.15. The van der Waals surface area contributed by atoms with Gasteiger partial charge < -0.3 is 5.32 Å². The van der Waals surface area contributed by atoms with E-state index < -0.39 is 0 Å². The van der Waals surface area contributed by atoms with Gasteiger partial charge in [0.25, 0.3) is 0 Å². The highest BCUT2D eigenvalue weighted by Gasteiger charge is 2.30. The fourth-order valence-corrected chi connectivity index (χ4v) is 3.59. The molecule has 1 amide bonds. The van der Waals surface area contributed by atoms with Gasteiger partial charge in [-0.2, -0.15) is 0 Å². The van der Waals surface area contributed by atoms with Gasteiger partial charge in [0.1, 0.15) is 0 Å². The zero-order valence-corrected chi connectivity index (χ0v) is 15.2. The van der Waals surface area contributed by atoms with E-state index in [0.717, 1.165) is 40.6 Å². The van der Waals surface area contributed by atoms with Crippen molar-refractivity contribution in [3.8, 4) is 11.4 Å². The largest absolute Gasteiger partial charge is 0.325 e. The summed E-state index contributed by atoms with van der Waals surface area (Å²) in [5, 5.41) is 12.4.